The molecule has 120 valence electrons. The van der Waals surface area contributed by atoms with E-state index in [4.69, 9.17) is 9.47 Å². The number of fused-ring (bicyclic) bond motifs is 2. The Bertz CT molecular complexity index is 884. The van der Waals surface area contributed by atoms with Gasteiger partial charge < -0.3 is 9.47 Å². The summed E-state index contributed by atoms with van der Waals surface area (Å²) in [5, 5.41) is 0. The second-order valence-corrected chi connectivity index (χ2v) is 5.22. The van der Waals surface area contributed by atoms with Crippen molar-refractivity contribution in [2.45, 2.75) is 13.3 Å². The molecule has 0 fully saturated rings. The number of rotatable bonds is 3. The van der Waals surface area contributed by atoms with E-state index >= 15 is 0 Å². The zero-order chi connectivity index (χ0) is 17.1. The SMILES string of the molecule is CCC#CCOc1ccc2c(c1OC)C(=O)c1ccccc1C2=O. The topological polar surface area (TPSA) is 52.6 Å². The van der Waals surface area contributed by atoms with Crippen molar-refractivity contribution in [3.05, 3.63) is 58.7 Å². The molecule has 0 saturated heterocycles. The first-order chi connectivity index (χ1) is 11.7. The third-order valence-electron chi connectivity index (χ3n) is 3.82. The molecule has 24 heavy (non-hydrogen) atoms. The van der Waals surface area contributed by atoms with Crippen LogP contribution >= 0.6 is 0 Å². The van der Waals surface area contributed by atoms with Gasteiger partial charge in [-0.3, -0.25) is 9.59 Å². The van der Waals surface area contributed by atoms with Crippen LogP contribution < -0.4 is 9.47 Å². The predicted molar refractivity (Wildman–Crippen MR) is 89.9 cm³/mol. The first-order valence-electron chi connectivity index (χ1n) is 7.67. The number of benzene rings is 2. The van der Waals surface area contributed by atoms with Gasteiger partial charge in [-0.05, 0) is 12.1 Å². The van der Waals surface area contributed by atoms with Gasteiger partial charge in [-0.15, -0.1) is 5.92 Å². The molecule has 0 saturated carbocycles. The lowest BCUT2D eigenvalue weighted by Crippen LogP contribution is -2.22. The highest BCUT2D eigenvalue weighted by atomic mass is 16.5. The van der Waals surface area contributed by atoms with E-state index in [0.717, 1.165) is 6.42 Å². The second-order valence-electron chi connectivity index (χ2n) is 5.22. The summed E-state index contributed by atoms with van der Waals surface area (Å²) in [7, 11) is 1.46. The lowest BCUT2D eigenvalue weighted by molar-refractivity contribution is 0.0976. The summed E-state index contributed by atoms with van der Waals surface area (Å²) in [4.78, 5) is 25.5. The Morgan fingerprint density at radius 1 is 0.917 bits per heavy atom. The van der Waals surface area contributed by atoms with Gasteiger partial charge in [0.2, 0.25) is 0 Å². The largest absolute Gasteiger partial charge is 0.492 e. The van der Waals surface area contributed by atoms with Gasteiger partial charge in [0, 0.05) is 23.1 Å². The normalized spacial score (nSPS) is 11.9. The van der Waals surface area contributed by atoms with Gasteiger partial charge in [-0.25, -0.2) is 0 Å². The van der Waals surface area contributed by atoms with Gasteiger partial charge in [0.25, 0.3) is 0 Å². The van der Waals surface area contributed by atoms with Crippen LogP contribution in [0.25, 0.3) is 0 Å². The highest BCUT2D eigenvalue weighted by Crippen LogP contribution is 2.39. The average Bonchev–Trinajstić information content (AvgIpc) is 2.62. The molecule has 0 aromatic heterocycles. The van der Waals surface area contributed by atoms with Crippen molar-refractivity contribution in [1.29, 1.82) is 0 Å². The smallest absolute Gasteiger partial charge is 0.198 e. The summed E-state index contributed by atoms with van der Waals surface area (Å²) in [5.74, 6) is 6.04. The molecule has 0 radical (unpaired) electrons. The van der Waals surface area contributed by atoms with Crippen molar-refractivity contribution in [3.63, 3.8) is 0 Å². The molecule has 1 aliphatic rings. The molecule has 3 rings (SSSR count). The molecule has 0 amide bonds. The number of methoxy groups -OCH3 is 1. The van der Waals surface area contributed by atoms with Crippen LogP contribution in [0.5, 0.6) is 11.5 Å². The fraction of sp³-hybridized carbons (Fsp3) is 0.200. The van der Waals surface area contributed by atoms with E-state index in [1.54, 1.807) is 36.4 Å². The maximum atomic E-state index is 12.8. The van der Waals surface area contributed by atoms with Crippen LogP contribution in [0, 0.1) is 11.8 Å². The Morgan fingerprint density at radius 2 is 1.62 bits per heavy atom. The first kappa shape index (κ1) is 15.8. The molecule has 0 spiro atoms. The number of carbonyl (C=O) groups is 2. The fourth-order valence-corrected chi connectivity index (χ4v) is 2.74. The average molecular weight is 320 g/mol. The van der Waals surface area contributed by atoms with E-state index in [-0.39, 0.29) is 29.5 Å². The molecule has 0 aliphatic heterocycles. The summed E-state index contributed by atoms with van der Waals surface area (Å²) in [6.45, 7) is 2.15. The van der Waals surface area contributed by atoms with Crippen LogP contribution in [0.2, 0.25) is 0 Å². The zero-order valence-electron chi connectivity index (χ0n) is 13.5. The Kier molecular flexibility index (Phi) is 4.35. The van der Waals surface area contributed by atoms with E-state index in [1.165, 1.54) is 7.11 Å². The monoisotopic (exact) mass is 320 g/mol. The third-order valence-corrected chi connectivity index (χ3v) is 3.82. The third kappa shape index (κ3) is 2.55. The Morgan fingerprint density at radius 3 is 2.29 bits per heavy atom. The molecular formula is C20H16O4. The number of ketones is 2. The molecule has 0 unspecified atom stereocenters. The highest BCUT2D eigenvalue weighted by molar-refractivity contribution is 6.29. The van der Waals surface area contributed by atoms with Crippen LogP contribution in [-0.4, -0.2) is 25.3 Å². The summed E-state index contributed by atoms with van der Waals surface area (Å²) in [6.07, 6.45) is 0.744. The maximum absolute atomic E-state index is 12.8. The van der Waals surface area contributed by atoms with E-state index in [2.05, 4.69) is 11.8 Å². The van der Waals surface area contributed by atoms with Crippen LogP contribution in [0.1, 0.15) is 45.2 Å². The number of carbonyl (C=O) groups excluding carboxylic acids is 2. The van der Waals surface area contributed by atoms with Crippen LogP contribution in [0.4, 0.5) is 0 Å². The molecule has 0 N–H and O–H groups in total. The number of hydrogen-bond donors (Lipinski definition) is 0. The lowest BCUT2D eigenvalue weighted by Gasteiger charge is -2.21. The fourth-order valence-electron chi connectivity index (χ4n) is 2.74. The molecule has 0 heterocycles. The van der Waals surface area contributed by atoms with Crippen LogP contribution in [0.3, 0.4) is 0 Å². The quantitative estimate of drug-likeness (QED) is 0.695. The van der Waals surface area contributed by atoms with Crippen molar-refractivity contribution in [2.24, 2.45) is 0 Å². The first-order valence-corrected chi connectivity index (χ1v) is 7.67. The molecule has 2 aromatic carbocycles. The Balaban J connectivity index is 2.08. The second kappa shape index (κ2) is 6.59. The van der Waals surface area contributed by atoms with Crippen molar-refractivity contribution >= 4 is 11.6 Å². The van der Waals surface area contributed by atoms with Crippen LogP contribution in [0.15, 0.2) is 36.4 Å². The Hall–Kier alpha value is -3.06. The highest BCUT2D eigenvalue weighted by Gasteiger charge is 2.33. The molecule has 2 aromatic rings. The van der Waals surface area contributed by atoms with E-state index < -0.39 is 0 Å². The summed E-state index contributed by atoms with van der Waals surface area (Å²) >= 11 is 0. The molecular weight excluding hydrogens is 304 g/mol. The minimum absolute atomic E-state index is 0.184. The van der Waals surface area contributed by atoms with Gasteiger partial charge in [0.05, 0.1) is 12.7 Å². The van der Waals surface area contributed by atoms with Gasteiger partial charge in [0.15, 0.2) is 23.1 Å². The summed E-state index contributed by atoms with van der Waals surface area (Å²) in [6, 6.07) is 10.0. The summed E-state index contributed by atoms with van der Waals surface area (Å²) < 4.78 is 11.0. The molecule has 0 bridgehead atoms. The molecule has 1 aliphatic carbocycles. The van der Waals surface area contributed by atoms with Gasteiger partial charge in [-0.1, -0.05) is 37.1 Å². The molecule has 4 nitrogen and oxygen atoms in total. The predicted octanol–water partition coefficient (Wildman–Crippen LogP) is 3.26. The maximum Gasteiger partial charge on any atom is 0.198 e. The Labute approximate surface area is 140 Å². The number of ether oxygens (including phenoxy) is 2. The van der Waals surface area contributed by atoms with Crippen molar-refractivity contribution in [2.75, 3.05) is 13.7 Å². The van der Waals surface area contributed by atoms with Crippen molar-refractivity contribution in [3.8, 4) is 23.3 Å². The van der Waals surface area contributed by atoms with E-state index in [0.29, 0.717) is 22.4 Å². The minimum Gasteiger partial charge on any atom is -0.492 e. The standard InChI is InChI=1S/C20H16O4/c1-3-4-7-12-24-16-11-10-15-17(20(16)23-2)19(22)14-9-6-5-8-13(14)18(15)21/h5-6,8-11H,3,12H2,1-2H3. The molecule has 4 heteroatoms. The lowest BCUT2D eigenvalue weighted by atomic mass is 9.83. The zero-order valence-corrected chi connectivity index (χ0v) is 13.5. The summed E-state index contributed by atoms with van der Waals surface area (Å²) in [5.41, 5.74) is 1.39. The number of hydrogen-bond acceptors (Lipinski definition) is 4. The van der Waals surface area contributed by atoms with Gasteiger partial charge in [-0.2, -0.15) is 0 Å². The van der Waals surface area contributed by atoms with E-state index in [1.807, 2.05) is 6.92 Å². The van der Waals surface area contributed by atoms with Crippen LogP contribution in [-0.2, 0) is 0 Å². The van der Waals surface area contributed by atoms with Crippen molar-refractivity contribution in [1.82, 2.24) is 0 Å². The van der Waals surface area contributed by atoms with E-state index in [9.17, 15) is 9.59 Å². The molecule has 0 atom stereocenters. The van der Waals surface area contributed by atoms with Gasteiger partial charge >= 0.3 is 0 Å². The van der Waals surface area contributed by atoms with Gasteiger partial charge in [0.1, 0.15) is 6.61 Å². The minimum atomic E-state index is -0.234. The van der Waals surface area contributed by atoms with Crippen molar-refractivity contribution < 1.29 is 19.1 Å².